The second-order valence-corrected chi connectivity index (χ2v) is 6.47. The molecule has 0 radical (unpaired) electrons. The highest BCUT2D eigenvalue weighted by atomic mass is 32.2. The summed E-state index contributed by atoms with van der Waals surface area (Å²) in [5.74, 6) is -0.676. The van der Waals surface area contributed by atoms with Crippen LogP contribution < -0.4 is 10.5 Å². The molecule has 0 saturated carbocycles. The lowest BCUT2D eigenvalue weighted by atomic mass is 10.1. The first-order valence-electron chi connectivity index (χ1n) is 6.23. The van der Waals surface area contributed by atoms with Crippen molar-refractivity contribution in [2.24, 2.45) is 0 Å². The second kappa shape index (κ2) is 5.33. The minimum atomic E-state index is -3.82. The molecular weight excluding hydrogens is 293 g/mol. The van der Waals surface area contributed by atoms with Crippen molar-refractivity contribution in [3.05, 3.63) is 47.0 Å². The zero-order chi connectivity index (χ0) is 15.8. The smallest absolute Gasteiger partial charge is 0.262 e. The molecule has 5 nitrogen and oxygen atoms in total. The number of aryl methyl sites for hydroxylation is 2. The van der Waals surface area contributed by atoms with Gasteiger partial charge in [-0.15, -0.1) is 0 Å². The van der Waals surface area contributed by atoms with Crippen LogP contribution >= 0.6 is 0 Å². The van der Waals surface area contributed by atoms with Crippen LogP contribution in [0.4, 0.5) is 15.8 Å². The molecule has 1 heterocycles. The Kier molecular flexibility index (Phi) is 3.87. The fourth-order valence-electron chi connectivity index (χ4n) is 2.24. The molecule has 0 atom stereocenters. The van der Waals surface area contributed by atoms with E-state index in [0.29, 0.717) is 16.8 Å². The first-order valence-corrected chi connectivity index (χ1v) is 7.71. The van der Waals surface area contributed by atoms with Gasteiger partial charge in [-0.05, 0) is 49.6 Å². The molecule has 1 aromatic carbocycles. The predicted octanol–water partition coefficient (Wildman–Crippen LogP) is 2.53. The summed E-state index contributed by atoms with van der Waals surface area (Å²) in [5, 5.41) is 0. The van der Waals surface area contributed by atoms with E-state index < -0.39 is 16.0 Å². The highest BCUT2D eigenvalue weighted by molar-refractivity contribution is 7.92. The number of nitrogen functional groups attached to an aromatic ring is 1. The Morgan fingerprint density at radius 2 is 1.86 bits per heavy atom. The van der Waals surface area contributed by atoms with Gasteiger partial charge in [0.25, 0.3) is 10.0 Å². The molecular formula is C14H16FN3O2S. The number of nitrogens with one attached hydrogen (secondary N) is 1. The number of aromatic nitrogens is 1. The molecule has 0 saturated heterocycles. The highest BCUT2D eigenvalue weighted by Gasteiger charge is 2.22. The Balaban J connectivity index is 2.50. The molecule has 0 amide bonds. The van der Waals surface area contributed by atoms with Crippen LogP contribution in [0.25, 0.3) is 0 Å². The third-order valence-corrected chi connectivity index (χ3v) is 4.88. The Morgan fingerprint density at radius 3 is 2.43 bits per heavy atom. The van der Waals surface area contributed by atoms with E-state index in [1.54, 1.807) is 19.9 Å². The van der Waals surface area contributed by atoms with Crippen LogP contribution in [0, 0.1) is 26.7 Å². The fraction of sp³-hybridized carbons (Fsp3) is 0.214. The van der Waals surface area contributed by atoms with E-state index in [1.165, 1.54) is 6.07 Å². The van der Waals surface area contributed by atoms with E-state index in [0.717, 1.165) is 17.8 Å². The van der Waals surface area contributed by atoms with Gasteiger partial charge in [0.1, 0.15) is 0 Å². The summed E-state index contributed by atoms with van der Waals surface area (Å²) in [7, 11) is -3.82. The van der Waals surface area contributed by atoms with Crippen molar-refractivity contribution in [3.63, 3.8) is 0 Å². The summed E-state index contributed by atoms with van der Waals surface area (Å²) in [6.45, 7) is 5.19. The Labute approximate surface area is 123 Å². The highest BCUT2D eigenvalue weighted by Crippen LogP contribution is 2.29. The molecule has 0 fully saturated rings. The zero-order valence-corrected chi connectivity index (χ0v) is 12.8. The van der Waals surface area contributed by atoms with Crippen LogP contribution in [0.1, 0.15) is 16.7 Å². The van der Waals surface area contributed by atoms with Gasteiger partial charge in [0.2, 0.25) is 5.95 Å². The lowest BCUT2D eigenvalue weighted by Gasteiger charge is -2.16. The first-order chi connectivity index (χ1) is 9.72. The summed E-state index contributed by atoms with van der Waals surface area (Å²) in [4.78, 5) is 3.55. The van der Waals surface area contributed by atoms with Gasteiger partial charge in [-0.1, -0.05) is 6.07 Å². The third kappa shape index (κ3) is 2.97. The topological polar surface area (TPSA) is 85.1 Å². The quantitative estimate of drug-likeness (QED) is 0.674. The van der Waals surface area contributed by atoms with Crippen LogP contribution in [0.3, 0.4) is 0 Å². The molecule has 1 aromatic heterocycles. The van der Waals surface area contributed by atoms with Crippen molar-refractivity contribution in [3.8, 4) is 0 Å². The lowest BCUT2D eigenvalue weighted by Crippen LogP contribution is -2.17. The average Bonchev–Trinajstić information content (AvgIpc) is 2.38. The summed E-state index contributed by atoms with van der Waals surface area (Å²) in [5.41, 5.74) is 8.46. The summed E-state index contributed by atoms with van der Waals surface area (Å²) < 4.78 is 40.1. The van der Waals surface area contributed by atoms with E-state index in [1.807, 2.05) is 6.92 Å². The summed E-state index contributed by atoms with van der Waals surface area (Å²) in [6.07, 6.45) is 1.12. The van der Waals surface area contributed by atoms with E-state index in [9.17, 15) is 12.8 Å². The number of anilines is 2. The van der Waals surface area contributed by atoms with Crippen LogP contribution in [0.15, 0.2) is 29.3 Å². The van der Waals surface area contributed by atoms with Crippen molar-refractivity contribution < 1.29 is 12.8 Å². The van der Waals surface area contributed by atoms with Crippen molar-refractivity contribution >= 4 is 21.4 Å². The summed E-state index contributed by atoms with van der Waals surface area (Å²) in [6, 6.07) is 4.11. The van der Waals surface area contributed by atoms with Crippen molar-refractivity contribution in [2.45, 2.75) is 25.7 Å². The number of sulfonamides is 1. The minimum absolute atomic E-state index is 0.134. The minimum Gasteiger partial charge on any atom is -0.398 e. The van der Waals surface area contributed by atoms with Crippen molar-refractivity contribution in [2.75, 3.05) is 10.5 Å². The van der Waals surface area contributed by atoms with Gasteiger partial charge in [0.05, 0.1) is 16.8 Å². The number of halogens is 1. The molecule has 112 valence electrons. The molecule has 0 spiro atoms. The number of rotatable bonds is 3. The number of nitrogens with zero attached hydrogens (tertiary/aromatic N) is 1. The first kappa shape index (κ1) is 15.2. The van der Waals surface area contributed by atoms with Gasteiger partial charge in [0, 0.05) is 5.69 Å². The molecule has 0 bridgehead atoms. The molecule has 0 aliphatic heterocycles. The van der Waals surface area contributed by atoms with E-state index in [2.05, 4.69) is 9.71 Å². The zero-order valence-electron chi connectivity index (χ0n) is 11.9. The third-order valence-electron chi connectivity index (χ3n) is 3.21. The predicted molar refractivity (Wildman–Crippen MR) is 80.1 cm³/mol. The SMILES string of the molecule is Cc1cc(C)c(S(=O)(=O)Nc2ccc(F)nc2)c(C)c1N. The monoisotopic (exact) mass is 309 g/mol. The molecule has 2 rings (SSSR count). The van der Waals surface area contributed by atoms with Crippen LogP contribution in [0.2, 0.25) is 0 Å². The van der Waals surface area contributed by atoms with Gasteiger partial charge in [-0.2, -0.15) is 4.39 Å². The van der Waals surface area contributed by atoms with E-state index in [4.69, 9.17) is 5.73 Å². The Bertz CT molecular complexity index is 787. The molecule has 3 N–H and O–H groups in total. The van der Waals surface area contributed by atoms with Crippen molar-refractivity contribution in [1.29, 1.82) is 0 Å². The van der Waals surface area contributed by atoms with Crippen molar-refractivity contribution in [1.82, 2.24) is 4.98 Å². The van der Waals surface area contributed by atoms with Crippen LogP contribution in [0.5, 0.6) is 0 Å². The normalized spacial score (nSPS) is 11.4. The van der Waals surface area contributed by atoms with Crippen LogP contribution in [-0.2, 0) is 10.0 Å². The maximum atomic E-state index is 12.8. The molecule has 0 unspecified atom stereocenters. The summed E-state index contributed by atoms with van der Waals surface area (Å²) >= 11 is 0. The van der Waals surface area contributed by atoms with Gasteiger partial charge in [0.15, 0.2) is 0 Å². The largest absolute Gasteiger partial charge is 0.398 e. The molecule has 7 heteroatoms. The average molecular weight is 309 g/mol. The molecule has 2 aromatic rings. The Morgan fingerprint density at radius 1 is 1.19 bits per heavy atom. The van der Waals surface area contributed by atoms with Gasteiger partial charge in [-0.3, -0.25) is 4.72 Å². The molecule has 0 aliphatic rings. The lowest BCUT2D eigenvalue weighted by molar-refractivity contribution is 0.583. The van der Waals surface area contributed by atoms with E-state index in [-0.39, 0.29) is 10.6 Å². The molecule has 0 aliphatic carbocycles. The number of hydrogen-bond acceptors (Lipinski definition) is 4. The van der Waals surface area contributed by atoms with Crippen LogP contribution in [-0.4, -0.2) is 13.4 Å². The Hall–Kier alpha value is -2.15. The second-order valence-electron chi connectivity index (χ2n) is 4.85. The number of benzene rings is 1. The maximum absolute atomic E-state index is 12.8. The van der Waals surface area contributed by atoms with Gasteiger partial charge in [-0.25, -0.2) is 13.4 Å². The number of nitrogens with two attached hydrogens (primary N) is 1. The van der Waals surface area contributed by atoms with Gasteiger partial charge < -0.3 is 5.73 Å². The van der Waals surface area contributed by atoms with Gasteiger partial charge >= 0.3 is 0 Å². The number of pyridine rings is 1. The fourth-order valence-corrected chi connectivity index (χ4v) is 3.77. The van der Waals surface area contributed by atoms with E-state index >= 15 is 0 Å². The number of hydrogen-bond donors (Lipinski definition) is 2. The maximum Gasteiger partial charge on any atom is 0.262 e. The standard InChI is InChI=1S/C14H16FN3O2S/c1-8-6-9(2)14(10(3)13(8)16)21(19,20)18-11-4-5-12(15)17-7-11/h4-7,18H,16H2,1-3H3. The molecule has 21 heavy (non-hydrogen) atoms.